The predicted octanol–water partition coefficient (Wildman–Crippen LogP) is 2.80. The summed E-state index contributed by atoms with van der Waals surface area (Å²) in [5, 5.41) is 2.95. The molecule has 0 spiro atoms. The van der Waals surface area contributed by atoms with Crippen molar-refractivity contribution >= 4 is 6.03 Å². The largest absolute Gasteiger partial charge is 0.334 e. The zero-order valence-corrected chi connectivity index (χ0v) is 11.8. The number of amides is 2. The predicted molar refractivity (Wildman–Crippen MR) is 75.7 cm³/mol. The molecule has 2 rings (SSSR count). The van der Waals surface area contributed by atoms with Crippen LogP contribution in [0.3, 0.4) is 0 Å². The van der Waals surface area contributed by atoms with E-state index >= 15 is 0 Å². The van der Waals surface area contributed by atoms with Gasteiger partial charge in [-0.15, -0.1) is 0 Å². The van der Waals surface area contributed by atoms with E-state index < -0.39 is 0 Å². The molecule has 1 fully saturated rings. The topological polar surface area (TPSA) is 45.2 Å². The molecule has 1 aromatic heterocycles. The molecular weight excluding hydrogens is 238 g/mol. The second-order valence-electron chi connectivity index (χ2n) is 5.54. The van der Waals surface area contributed by atoms with Crippen LogP contribution in [0.2, 0.25) is 0 Å². The van der Waals surface area contributed by atoms with Gasteiger partial charge < -0.3 is 10.2 Å². The Morgan fingerprint density at radius 3 is 2.79 bits per heavy atom. The third-order valence-corrected chi connectivity index (χ3v) is 4.02. The van der Waals surface area contributed by atoms with Crippen molar-refractivity contribution in [1.82, 2.24) is 15.2 Å². The summed E-state index contributed by atoms with van der Waals surface area (Å²) < 4.78 is 0. The van der Waals surface area contributed by atoms with Crippen molar-refractivity contribution in [1.29, 1.82) is 0 Å². The number of pyridine rings is 1. The van der Waals surface area contributed by atoms with Crippen LogP contribution in [0.25, 0.3) is 0 Å². The highest BCUT2D eigenvalue weighted by atomic mass is 16.2. The Morgan fingerprint density at radius 2 is 2.16 bits per heavy atom. The number of aromatic nitrogens is 1. The van der Waals surface area contributed by atoms with E-state index in [0.29, 0.717) is 12.6 Å². The first-order valence-corrected chi connectivity index (χ1v) is 7.06. The molecule has 1 aliphatic carbocycles. The van der Waals surface area contributed by atoms with Gasteiger partial charge in [0, 0.05) is 32.0 Å². The molecule has 0 aliphatic heterocycles. The van der Waals surface area contributed by atoms with Crippen molar-refractivity contribution in [3.05, 3.63) is 30.1 Å². The Bertz CT molecular complexity index is 399. The standard InChI is InChI=1S/C15H23N3O/c1-12-5-7-14(8-6-12)18(2)15(19)17-11-13-4-3-9-16-10-13/h3-4,9-10,12,14H,5-8,11H2,1-2H3,(H,17,19). The summed E-state index contributed by atoms with van der Waals surface area (Å²) in [5.41, 5.74) is 1.03. The first-order chi connectivity index (χ1) is 9.16. The Balaban J connectivity index is 1.79. The zero-order valence-electron chi connectivity index (χ0n) is 11.8. The van der Waals surface area contributed by atoms with Crippen LogP contribution in [0.15, 0.2) is 24.5 Å². The van der Waals surface area contributed by atoms with Gasteiger partial charge in [0.25, 0.3) is 0 Å². The maximum atomic E-state index is 12.1. The Labute approximate surface area is 115 Å². The monoisotopic (exact) mass is 261 g/mol. The van der Waals surface area contributed by atoms with Crippen molar-refractivity contribution in [3.63, 3.8) is 0 Å². The van der Waals surface area contributed by atoms with Crippen LogP contribution in [-0.4, -0.2) is 29.0 Å². The summed E-state index contributed by atoms with van der Waals surface area (Å²) in [4.78, 5) is 18.0. The van der Waals surface area contributed by atoms with Crippen molar-refractivity contribution in [3.8, 4) is 0 Å². The summed E-state index contributed by atoms with van der Waals surface area (Å²) in [6, 6.07) is 4.26. The van der Waals surface area contributed by atoms with Crippen LogP contribution in [-0.2, 0) is 6.54 Å². The lowest BCUT2D eigenvalue weighted by molar-refractivity contribution is 0.163. The SMILES string of the molecule is CC1CCC(N(C)C(=O)NCc2cccnc2)CC1. The summed E-state index contributed by atoms with van der Waals surface area (Å²) in [5.74, 6) is 0.808. The van der Waals surface area contributed by atoms with Crippen molar-refractivity contribution < 1.29 is 4.79 Å². The highest BCUT2D eigenvalue weighted by Gasteiger charge is 2.24. The van der Waals surface area contributed by atoms with Gasteiger partial charge in [0.15, 0.2) is 0 Å². The molecule has 4 heteroatoms. The maximum Gasteiger partial charge on any atom is 0.317 e. The maximum absolute atomic E-state index is 12.1. The smallest absolute Gasteiger partial charge is 0.317 e. The van der Waals surface area contributed by atoms with Crippen molar-refractivity contribution in [2.75, 3.05) is 7.05 Å². The number of nitrogens with one attached hydrogen (secondary N) is 1. The highest BCUT2D eigenvalue weighted by Crippen LogP contribution is 2.26. The van der Waals surface area contributed by atoms with Gasteiger partial charge in [0.2, 0.25) is 0 Å². The van der Waals surface area contributed by atoms with Gasteiger partial charge in [-0.2, -0.15) is 0 Å². The molecule has 1 heterocycles. The minimum atomic E-state index is 0.0170. The molecule has 19 heavy (non-hydrogen) atoms. The zero-order chi connectivity index (χ0) is 13.7. The second kappa shape index (κ2) is 6.55. The first-order valence-electron chi connectivity index (χ1n) is 7.06. The van der Waals surface area contributed by atoms with Crippen molar-refractivity contribution in [2.24, 2.45) is 5.92 Å². The van der Waals surface area contributed by atoms with Crippen LogP contribution in [0, 0.1) is 5.92 Å². The van der Waals surface area contributed by atoms with E-state index in [1.807, 2.05) is 24.1 Å². The molecule has 0 bridgehead atoms. The second-order valence-corrected chi connectivity index (χ2v) is 5.54. The highest BCUT2D eigenvalue weighted by molar-refractivity contribution is 5.74. The Hall–Kier alpha value is -1.58. The summed E-state index contributed by atoms with van der Waals surface area (Å²) >= 11 is 0. The van der Waals surface area contributed by atoms with Gasteiger partial charge in [0.1, 0.15) is 0 Å². The minimum Gasteiger partial charge on any atom is -0.334 e. The molecular formula is C15H23N3O. The molecule has 1 saturated carbocycles. The Morgan fingerprint density at radius 1 is 1.42 bits per heavy atom. The van der Waals surface area contributed by atoms with Gasteiger partial charge >= 0.3 is 6.03 Å². The van der Waals surface area contributed by atoms with E-state index in [9.17, 15) is 4.79 Å². The third-order valence-electron chi connectivity index (χ3n) is 4.02. The molecule has 1 aliphatic rings. The molecule has 104 valence electrons. The number of rotatable bonds is 3. The number of carbonyl (C=O) groups excluding carboxylic acids is 1. The fourth-order valence-corrected chi connectivity index (χ4v) is 2.60. The number of hydrogen-bond acceptors (Lipinski definition) is 2. The minimum absolute atomic E-state index is 0.0170. The lowest BCUT2D eigenvalue weighted by atomic mass is 9.87. The summed E-state index contributed by atoms with van der Waals surface area (Å²) in [7, 11) is 1.90. The normalized spacial score (nSPS) is 22.8. The average molecular weight is 261 g/mol. The third kappa shape index (κ3) is 3.94. The van der Waals surface area contributed by atoms with Gasteiger partial charge in [-0.1, -0.05) is 13.0 Å². The van der Waals surface area contributed by atoms with E-state index in [1.54, 1.807) is 12.4 Å². The fourth-order valence-electron chi connectivity index (χ4n) is 2.60. The number of hydrogen-bond donors (Lipinski definition) is 1. The van der Waals surface area contributed by atoms with Crippen LogP contribution in [0.1, 0.15) is 38.2 Å². The van der Waals surface area contributed by atoms with Crippen LogP contribution in [0.5, 0.6) is 0 Å². The Kier molecular flexibility index (Phi) is 4.77. The molecule has 0 unspecified atom stereocenters. The molecule has 0 saturated heterocycles. The van der Waals surface area contributed by atoms with Crippen LogP contribution >= 0.6 is 0 Å². The van der Waals surface area contributed by atoms with Gasteiger partial charge in [-0.05, 0) is 43.2 Å². The summed E-state index contributed by atoms with van der Waals surface area (Å²) in [6.45, 7) is 2.83. The van der Waals surface area contributed by atoms with Gasteiger partial charge in [-0.3, -0.25) is 4.98 Å². The van der Waals surface area contributed by atoms with Gasteiger partial charge in [-0.25, -0.2) is 4.79 Å². The molecule has 2 amide bonds. The van der Waals surface area contributed by atoms with E-state index in [0.717, 1.165) is 24.3 Å². The quantitative estimate of drug-likeness (QED) is 0.909. The lowest BCUT2D eigenvalue weighted by Gasteiger charge is -2.33. The van der Waals surface area contributed by atoms with E-state index in [2.05, 4.69) is 17.2 Å². The van der Waals surface area contributed by atoms with Gasteiger partial charge in [0.05, 0.1) is 0 Å². The molecule has 0 atom stereocenters. The number of urea groups is 1. The number of carbonyl (C=O) groups is 1. The molecule has 0 radical (unpaired) electrons. The average Bonchev–Trinajstić information content (AvgIpc) is 2.46. The summed E-state index contributed by atoms with van der Waals surface area (Å²) in [6.07, 6.45) is 8.22. The van der Waals surface area contributed by atoms with E-state index in [1.165, 1.54) is 12.8 Å². The molecule has 1 aromatic rings. The molecule has 0 aromatic carbocycles. The first kappa shape index (κ1) is 13.8. The molecule has 4 nitrogen and oxygen atoms in total. The van der Waals surface area contributed by atoms with E-state index in [-0.39, 0.29) is 6.03 Å². The number of nitrogens with zero attached hydrogens (tertiary/aromatic N) is 2. The van der Waals surface area contributed by atoms with Crippen LogP contribution in [0.4, 0.5) is 4.79 Å². The van der Waals surface area contributed by atoms with E-state index in [4.69, 9.17) is 0 Å². The van der Waals surface area contributed by atoms with Crippen LogP contribution < -0.4 is 5.32 Å². The lowest BCUT2D eigenvalue weighted by Crippen LogP contribution is -2.44. The van der Waals surface area contributed by atoms with Crippen molar-refractivity contribution in [2.45, 2.75) is 45.2 Å². The fraction of sp³-hybridized carbons (Fsp3) is 0.600. The molecule has 1 N–H and O–H groups in total.